The molecule has 0 bridgehead atoms. The summed E-state index contributed by atoms with van der Waals surface area (Å²) in [5, 5.41) is 10.3. The van der Waals surface area contributed by atoms with E-state index in [0.29, 0.717) is 11.5 Å². The lowest BCUT2D eigenvalue weighted by molar-refractivity contribution is -0.141. The molecular weight excluding hydrogens is 228 g/mol. The molecule has 0 aromatic rings. The Hall–Kier alpha value is -1.09. The van der Waals surface area contributed by atoms with Gasteiger partial charge in [-0.05, 0) is 25.2 Å². The average Bonchev–Trinajstić information content (AvgIpc) is 2.58. The van der Waals surface area contributed by atoms with Crippen molar-refractivity contribution in [3.05, 3.63) is 23.8 Å². The molecule has 0 aromatic carbocycles. The van der Waals surface area contributed by atoms with E-state index in [9.17, 15) is 9.90 Å². The number of rotatable bonds is 0. The van der Waals surface area contributed by atoms with E-state index < -0.39 is 0 Å². The Morgan fingerprint density at radius 3 is 2.94 bits per heavy atom. The number of carbonyl (C=O) groups excluding carboxylic acids is 1. The summed E-state index contributed by atoms with van der Waals surface area (Å²) in [6, 6.07) is 0. The minimum atomic E-state index is -0.325. The minimum Gasteiger partial charge on any atom is -0.458 e. The lowest BCUT2D eigenvalue weighted by atomic mass is 9.58. The van der Waals surface area contributed by atoms with E-state index in [4.69, 9.17) is 4.74 Å². The van der Waals surface area contributed by atoms with E-state index >= 15 is 0 Å². The van der Waals surface area contributed by atoms with Crippen LogP contribution in [-0.2, 0) is 9.53 Å². The molecule has 0 spiro atoms. The molecule has 3 aliphatic rings. The topological polar surface area (TPSA) is 46.5 Å². The van der Waals surface area contributed by atoms with Gasteiger partial charge in [-0.1, -0.05) is 32.1 Å². The van der Waals surface area contributed by atoms with Gasteiger partial charge in [0.05, 0.1) is 6.10 Å². The number of ether oxygens (including phenoxy) is 1. The molecular formula is C15H20O3. The molecule has 18 heavy (non-hydrogen) atoms. The van der Waals surface area contributed by atoms with Gasteiger partial charge in [0, 0.05) is 16.9 Å². The lowest BCUT2D eigenvalue weighted by Crippen LogP contribution is -2.46. The zero-order chi connectivity index (χ0) is 13.1. The van der Waals surface area contributed by atoms with Crippen molar-refractivity contribution in [3.63, 3.8) is 0 Å². The molecule has 98 valence electrons. The molecule has 1 heterocycles. The van der Waals surface area contributed by atoms with Crippen molar-refractivity contribution in [2.75, 3.05) is 0 Å². The highest BCUT2D eigenvalue weighted by molar-refractivity contribution is 5.91. The fraction of sp³-hybridized carbons (Fsp3) is 0.667. The van der Waals surface area contributed by atoms with Crippen LogP contribution in [0.15, 0.2) is 23.8 Å². The molecule has 3 rings (SSSR count). The van der Waals surface area contributed by atoms with Crippen LogP contribution in [0.2, 0.25) is 0 Å². The van der Waals surface area contributed by atoms with Crippen LogP contribution in [0.5, 0.6) is 0 Å². The van der Waals surface area contributed by atoms with Crippen molar-refractivity contribution in [1.82, 2.24) is 0 Å². The number of hydrogen-bond acceptors (Lipinski definition) is 3. The van der Waals surface area contributed by atoms with Crippen molar-refractivity contribution in [2.24, 2.45) is 17.3 Å². The Morgan fingerprint density at radius 1 is 1.50 bits per heavy atom. The van der Waals surface area contributed by atoms with Gasteiger partial charge in [-0.3, -0.25) is 0 Å². The van der Waals surface area contributed by atoms with Gasteiger partial charge >= 0.3 is 5.97 Å². The first-order valence-electron chi connectivity index (χ1n) is 6.73. The highest BCUT2D eigenvalue weighted by atomic mass is 16.6. The molecule has 3 nitrogen and oxygen atoms in total. The zero-order valence-corrected chi connectivity index (χ0v) is 11.0. The number of aliphatic hydroxyl groups excluding tert-OH is 1. The van der Waals surface area contributed by atoms with Crippen molar-refractivity contribution in [2.45, 2.75) is 45.3 Å². The summed E-state index contributed by atoms with van der Waals surface area (Å²) in [6.07, 6.45) is 4.27. The molecule has 5 unspecified atom stereocenters. The fourth-order valence-electron chi connectivity index (χ4n) is 3.88. The maximum absolute atomic E-state index is 11.6. The van der Waals surface area contributed by atoms with Gasteiger partial charge in [0.2, 0.25) is 0 Å². The third-order valence-electron chi connectivity index (χ3n) is 5.11. The van der Waals surface area contributed by atoms with Crippen molar-refractivity contribution >= 4 is 5.97 Å². The molecule has 5 atom stereocenters. The van der Waals surface area contributed by atoms with Gasteiger partial charge in [0.1, 0.15) is 6.10 Å². The molecule has 1 saturated carbocycles. The highest BCUT2D eigenvalue weighted by Gasteiger charge is 2.52. The van der Waals surface area contributed by atoms with Gasteiger partial charge in [0.25, 0.3) is 0 Å². The van der Waals surface area contributed by atoms with Crippen LogP contribution in [0.4, 0.5) is 0 Å². The number of carbonyl (C=O) groups is 1. The van der Waals surface area contributed by atoms with E-state index in [1.807, 2.05) is 0 Å². The Morgan fingerprint density at radius 2 is 2.22 bits per heavy atom. The van der Waals surface area contributed by atoms with Crippen LogP contribution in [0.1, 0.15) is 33.1 Å². The smallest absolute Gasteiger partial charge is 0.334 e. The molecule has 0 aromatic heterocycles. The van der Waals surface area contributed by atoms with Crippen molar-refractivity contribution < 1.29 is 14.6 Å². The maximum atomic E-state index is 11.6. The van der Waals surface area contributed by atoms with Crippen LogP contribution in [0.3, 0.4) is 0 Å². The Balaban J connectivity index is 2.04. The molecule has 0 amide bonds. The third kappa shape index (κ3) is 1.43. The van der Waals surface area contributed by atoms with Crippen LogP contribution >= 0.6 is 0 Å². The molecule has 3 heteroatoms. The second-order valence-corrected chi connectivity index (χ2v) is 6.23. The SMILES string of the molecule is C=C1C(=O)OC2CC3(C)C(=CC12)C(C)CCC3O. The molecule has 0 radical (unpaired) electrons. The summed E-state index contributed by atoms with van der Waals surface area (Å²) >= 11 is 0. The second kappa shape index (κ2) is 3.70. The van der Waals surface area contributed by atoms with Crippen LogP contribution in [0.25, 0.3) is 0 Å². The quantitative estimate of drug-likeness (QED) is 0.406. The van der Waals surface area contributed by atoms with E-state index in [1.54, 1.807) is 0 Å². The highest BCUT2D eigenvalue weighted by Crippen LogP contribution is 2.53. The van der Waals surface area contributed by atoms with Gasteiger partial charge in [-0.15, -0.1) is 0 Å². The predicted molar refractivity (Wildman–Crippen MR) is 67.7 cm³/mol. The summed E-state index contributed by atoms with van der Waals surface area (Å²) in [4.78, 5) is 11.6. The van der Waals surface area contributed by atoms with Gasteiger partial charge in [0.15, 0.2) is 0 Å². The number of fused-ring (bicyclic) bond motifs is 2. The second-order valence-electron chi connectivity index (χ2n) is 6.23. The zero-order valence-electron chi connectivity index (χ0n) is 11.0. The predicted octanol–water partition coefficient (Wildman–Crippen LogP) is 2.21. The van der Waals surface area contributed by atoms with Gasteiger partial charge in [-0.2, -0.15) is 0 Å². The first-order chi connectivity index (χ1) is 8.43. The minimum absolute atomic E-state index is 0.0216. The van der Waals surface area contributed by atoms with Crippen molar-refractivity contribution in [1.29, 1.82) is 0 Å². The normalized spacial score (nSPS) is 47.2. The molecule has 1 aliphatic heterocycles. The summed E-state index contributed by atoms with van der Waals surface area (Å²) in [6.45, 7) is 8.15. The van der Waals surface area contributed by atoms with Crippen LogP contribution in [-0.4, -0.2) is 23.3 Å². The number of esters is 1. The molecule has 1 N–H and O–H groups in total. The first-order valence-corrected chi connectivity index (χ1v) is 6.73. The van der Waals surface area contributed by atoms with E-state index in [2.05, 4.69) is 26.5 Å². The van der Waals surface area contributed by atoms with E-state index in [1.165, 1.54) is 5.57 Å². The monoisotopic (exact) mass is 248 g/mol. The van der Waals surface area contributed by atoms with Gasteiger partial charge < -0.3 is 9.84 Å². The lowest BCUT2D eigenvalue weighted by Gasteiger charge is -2.48. The van der Waals surface area contributed by atoms with Gasteiger partial charge in [-0.25, -0.2) is 4.79 Å². The number of hydrogen-bond donors (Lipinski definition) is 1. The summed E-state index contributed by atoms with van der Waals surface area (Å²) < 4.78 is 5.38. The standard InChI is InChI=1S/C15H20O3/c1-8-4-5-13(16)15(3)7-12-10(6-11(8)15)9(2)14(17)18-12/h6,8,10,12-13,16H,2,4-5,7H2,1,3H3. The summed E-state index contributed by atoms with van der Waals surface area (Å²) in [5.74, 6) is 0.224. The van der Waals surface area contributed by atoms with Crippen LogP contribution in [0, 0.1) is 17.3 Å². The molecule has 2 fully saturated rings. The summed E-state index contributed by atoms with van der Waals surface area (Å²) in [5.41, 5.74) is 1.63. The first kappa shape index (κ1) is 12.0. The number of aliphatic hydroxyl groups is 1. The maximum Gasteiger partial charge on any atom is 0.334 e. The van der Waals surface area contributed by atoms with E-state index in [0.717, 1.165) is 19.3 Å². The average molecular weight is 248 g/mol. The Kier molecular flexibility index (Phi) is 2.46. The van der Waals surface area contributed by atoms with E-state index in [-0.39, 0.29) is 29.5 Å². The Bertz CT molecular complexity index is 451. The van der Waals surface area contributed by atoms with Crippen molar-refractivity contribution in [3.8, 4) is 0 Å². The largest absolute Gasteiger partial charge is 0.458 e. The molecule has 2 aliphatic carbocycles. The summed E-state index contributed by atoms with van der Waals surface area (Å²) in [7, 11) is 0. The molecule has 1 saturated heterocycles. The third-order valence-corrected chi connectivity index (χ3v) is 5.11. The fourth-order valence-corrected chi connectivity index (χ4v) is 3.88. The van der Waals surface area contributed by atoms with Crippen LogP contribution < -0.4 is 0 Å². The Labute approximate surface area is 108 Å².